The van der Waals surface area contributed by atoms with Crippen LogP contribution in [0.1, 0.15) is 6.42 Å². The molecule has 3 aliphatic rings. The van der Waals surface area contributed by atoms with Crippen LogP contribution in [0.25, 0.3) is 0 Å². The highest BCUT2D eigenvalue weighted by Gasteiger charge is 2.66. The molecule has 4 rings (SSSR count). The van der Waals surface area contributed by atoms with Crippen LogP contribution in [0.15, 0.2) is 24.3 Å². The van der Waals surface area contributed by atoms with Gasteiger partial charge in [-0.05, 0) is 42.5 Å². The molecule has 1 saturated heterocycles. The van der Waals surface area contributed by atoms with E-state index in [1.807, 2.05) is 0 Å². The predicted molar refractivity (Wildman–Crippen MR) is 89.5 cm³/mol. The average Bonchev–Trinajstić information content (AvgIpc) is 3.13. The van der Waals surface area contributed by atoms with E-state index in [0.717, 1.165) is 6.42 Å². The van der Waals surface area contributed by atoms with Crippen molar-refractivity contribution >= 4 is 49.4 Å². The highest BCUT2D eigenvalue weighted by Crippen LogP contribution is 2.60. The number of benzene rings is 1. The van der Waals surface area contributed by atoms with Crippen LogP contribution in [0.5, 0.6) is 5.75 Å². The number of rotatable bonds is 2. The van der Waals surface area contributed by atoms with Crippen molar-refractivity contribution in [2.45, 2.75) is 16.1 Å². The number of methoxy groups -OCH3 is 1. The zero-order valence-electron chi connectivity index (χ0n) is 11.9. The van der Waals surface area contributed by atoms with Crippen molar-refractivity contribution in [2.75, 3.05) is 12.0 Å². The van der Waals surface area contributed by atoms with Gasteiger partial charge in [0.05, 0.1) is 24.6 Å². The number of amides is 2. The standard InChI is InChI=1S/C16H15Br2NO3/c1-22-8-4-2-7(3-5-8)19-15(20)11-9-6-10(12(11)16(19)21)14(18)13(9)17/h2-5,9-14H,6H2,1H3/t9-,10-,11-,12-,13+,14+/m1/s1. The number of nitrogens with zero attached hydrogens (tertiary/aromatic N) is 1. The smallest absolute Gasteiger partial charge is 0.238 e. The molecule has 116 valence electrons. The lowest BCUT2D eigenvalue weighted by Crippen LogP contribution is -2.37. The number of hydrogen-bond acceptors (Lipinski definition) is 3. The fourth-order valence-electron chi connectivity index (χ4n) is 4.33. The number of carbonyl (C=O) groups excluding carboxylic acids is 2. The second-order valence-corrected chi connectivity index (χ2v) is 8.33. The minimum atomic E-state index is -0.169. The fraction of sp³-hybridized carbons (Fsp3) is 0.500. The Kier molecular flexibility index (Phi) is 3.38. The van der Waals surface area contributed by atoms with Gasteiger partial charge in [-0.2, -0.15) is 0 Å². The van der Waals surface area contributed by atoms with Crippen molar-refractivity contribution < 1.29 is 14.3 Å². The number of alkyl halides is 2. The van der Waals surface area contributed by atoms with Crippen LogP contribution in [0.2, 0.25) is 0 Å². The molecule has 1 aliphatic heterocycles. The van der Waals surface area contributed by atoms with Crippen LogP contribution in [-0.2, 0) is 9.59 Å². The minimum absolute atomic E-state index is 0.0449. The third-order valence-electron chi connectivity index (χ3n) is 5.32. The van der Waals surface area contributed by atoms with E-state index < -0.39 is 0 Å². The van der Waals surface area contributed by atoms with Crippen molar-refractivity contribution in [1.82, 2.24) is 0 Å². The molecule has 22 heavy (non-hydrogen) atoms. The lowest BCUT2D eigenvalue weighted by Gasteiger charge is -2.28. The minimum Gasteiger partial charge on any atom is -0.497 e. The molecule has 2 aliphatic carbocycles. The molecule has 1 aromatic rings. The van der Waals surface area contributed by atoms with Crippen molar-refractivity contribution in [3.63, 3.8) is 0 Å². The van der Waals surface area contributed by atoms with Gasteiger partial charge in [-0.3, -0.25) is 14.5 Å². The normalized spacial score (nSPS) is 39.5. The molecule has 6 heteroatoms. The van der Waals surface area contributed by atoms with Gasteiger partial charge in [0.15, 0.2) is 0 Å². The molecule has 1 aromatic carbocycles. The Morgan fingerprint density at radius 2 is 1.50 bits per heavy atom. The van der Waals surface area contributed by atoms with Gasteiger partial charge in [-0.25, -0.2) is 0 Å². The summed E-state index contributed by atoms with van der Waals surface area (Å²) in [6.45, 7) is 0. The maximum absolute atomic E-state index is 12.8. The van der Waals surface area contributed by atoms with E-state index in [9.17, 15) is 9.59 Å². The molecule has 4 nitrogen and oxygen atoms in total. The first-order chi connectivity index (χ1) is 10.5. The van der Waals surface area contributed by atoms with Gasteiger partial charge in [-0.1, -0.05) is 31.9 Å². The van der Waals surface area contributed by atoms with E-state index in [1.54, 1.807) is 31.4 Å². The Morgan fingerprint density at radius 3 is 1.95 bits per heavy atom. The Morgan fingerprint density at radius 1 is 1.00 bits per heavy atom. The average molecular weight is 429 g/mol. The highest BCUT2D eigenvalue weighted by atomic mass is 79.9. The van der Waals surface area contributed by atoms with Crippen molar-refractivity contribution in [3.05, 3.63) is 24.3 Å². The van der Waals surface area contributed by atoms with Crippen LogP contribution < -0.4 is 9.64 Å². The summed E-state index contributed by atoms with van der Waals surface area (Å²) in [5.41, 5.74) is 0.641. The second-order valence-electron chi connectivity index (χ2n) is 6.21. The Labute approximate surface area is 145 Å². The lowest BCUT2D eigenvalue weighted by molar-refractivity contribution is -0.123. The largest absolute Gasteiger partial charge is 0.497 e. The van der Waals surface area contributed by atoms with Crippen LogP contribution in [0, 0.1) is 23.7 Å². The van der Waals surface area contributed by atoms with Gasteiger partial charge in [-0.15, -0.1) is 0 Å². The summed E-state index contributed by atoms with van der Waals surface area (Å²) in [7, 11) is 1.59. The third kappa shape index (κ3) is 1.80. The zero-order chi connectivity index (χ0) is 15.6. The monoisotopic (exact) mass is 427 g/mol. The quantitative estimate of drug-likeness (QED) is 0.537. The van der Waals surface area contributed by atoms with Crippen LogP contribution in [0.3, 0.4) is 0 Å². The molecule has 0 spiro atoms. The number of halogens is 2. The number of fused-ring (bicyclic) bond motifs is 5. The number of carbonyl (C=O) groups is 2. The molecule has 2 amide bonds. The lowest BCUT2D eigenvalue weighted by atomic mass is 9.81. The number of anilines is 1. The Bertz CT molecular complexity index is 615. The Balaban J connectivity index is 1.69. The van der Waals surface area contributed by atoms with E-state index in [-0.39, 0.29) is 45.1 Å². The maximum Gasteiger partial charge on any atom is 0.238 e. The Hall–Kier alpha value is -0.880. The van der Waals surface area contributed by atoms with Gasteiger partial charge in [0.1, 0.15) is 5.75 Å². The molecule has 2 saturated carbocycles. The van der Waals surface area contributed by atoms with Crippen LogP contribution in [-0.4, -0.2) is 28.6 Å². The van der Waals surface area contributed by atoms with Crippen molar-refractivity contribution in [2.24, 2.45) is 23.7 Å². The van der Waals surface area contributed by atoms with E-state index >= 15 is 0 Å². The molecule has 0 aromatic heterocycles. The van der Waals surface area contributed by atoms with Gasteiger partial charge >= 0.3 is 0 Å². The SMILES string of the molecule is COc1ccc(N2C(=O)[C@@H]3[C@H]4C[C@@H]([C@H](Br)[C@H]4Br)[C@H]3C2=O)cc1. The van der Waals surface area contributed by atoms with Crippen molar-refractivity contribution in [1.29, 1.82) is 0 Å². The molecule has 1 heterocycles. The van der Waals surface area contributed by atoms with Gasteiger partial charge in [0, 0.05) is 9.65 Å². The summed E-state index contributed by atoms with van der Waals surface area (Å²) < 4.78 is 5.13. The summed E-state index contributed by atoms with van der Waals surface area (Å²) in [5.74, 6) is 0.783. The predicted octanol–water partition coefficient (Wildman–Crippen LogP) is 2.98. The molecule has 3 fully saturated rings. The fourth-order valence-corrected chi connectivity index (χ4v) is 6.21. The van der Waals surface area contributed by atoms with E-state index in [0.29, 0.717) is 11.4 Å². The molecule has 2 bridgehead atoms. The zero-order valence-corrected chi connectivity index (χ0v) is 15.1. The maximum atomic E-state index is 12.8. The first kappa shape index (κ1) is 14.7. The van der Waals surface area contributed by atoms with E-state index in [2.05, 4.69) is 31.9 Å². The summed E-state index contributed by atoms with van der Waals surface area (Å²) in [5, 5.41) is 0. The van der Waals surface area contributed by atoms with Crippen LogP contribution in [0.4, 0.5) is 5.69 Å². The van der Waals surface area contributed by atoms with Crippen molar-refractivity contribution in [3.8, 4) is 5.75 Å². The molecule has 0 unspecified atom stereocenters. The molecular formula is C16H15Br2NO3. The summed E-state index contributed by atoms with van der Waals surface area (Å²) >= 11 is 7.39. The summed E-state index contributed by atoms with van der Waals surface area (Å²) in [6, 6.07) is 7.10. The third-order valence-corrected chi connectivity index (χ3v) is 8.52. The molecule has 6 atom stereocenters. The summed E-state index contributed by atoms with van der Waals surface area (Å²) in [6.07, 6.45) is 0.953. The van der Waals surface area contributed by atoms with Crippen LogP contribution >= 0.6 is 31.9 Å². The van der Waals surface area contributed by atoms with Gasteiger partial charge in [0.25, 0.3) is 0 Å². The van der Waals surface area contributed by atoms with E-state index in [1.165, 1.54) is 4.90 Å². The van der Waals surface area contributed by atoms with Gasteiger partial charge in [0.2, 0.25) is 11.8 Å². The van der Waals surface area contributed by atoms with Gasteiger partial charge < -0.3 is 4.74 Å². The number of hydrogen-bond donors (Lipinski definition) is 0. The second kappa shape index (κ2) is 5.06. The first-order valence-corrected chi connectivity index (χ1v) is 9.17. The molecular weight excluding hydrogens is 414 g/mol. The highest BCUT2D eigenvalue weighted by molar-refractivity contribution is 9.12. The summed E-state index contributed by atoms with van der Waals surface area (Å²) in [4.78, 5) is 27.6. The topological polar surface area (TPSA) is 46.6 Å². The number of imide groups is 1. The molecule has 0 N–H and O–H groups in total. The molecule has 0 radical (unpaired) electrons. The van der Waals surface area contributed by atoms with E-state index in [4.69, 9.17) is 4.74 Å². The number of ether oxygens (including phenoxy) is 1. The first-order valence-electron chi connectivity index (χ1n) is 7.34.